The zero-order chi connectivity index (χ0) is 31.1. The lowest BCUT2D eigenvalue weighted by Gasteiger charge is -2.38. The van der Waals surface area contributed by atoms with Crippen molar-refractivity contribution in [3.8, 4) is 23.0 Å². The van der Waals surface area contributed by atoms with Crippen molar-refractivity contribution in [1.29, 1.82) is 0 Å². The molecule has 3 aliphatic rings. The van der Waals surface area contributed by atoms with Gasteiger partial charge in [-0.25, -0.2) is 0 Å². The quantitative estimate of drug-likeness (QED) is 0.395. The first-order valence-electron chi connectivity index (χ1n) is 14.5. The first-order chi connectivity index (χ1) is 21.3. The number of nitrogens with one attached hydrogen (secondary N) is 3. The Kier molecular flexibility index (Phi) is 9.85. The average molecular weight is 607 g/mol. The number of benzene rings is 2. The molecule has 2 aromatic carbocycles. The fraction of sp³-hybridized carbons (Fsp3) is 0.419. The summed E-state index contributed by atoms with van der Waals surface area (Å²) >= 11 is 0. The van der Waals surface area contributed by atoms with Gasteiger partial charge in [-0.05, 0) is 42.7 Å². The molecule has 3 aromatic rings. The molecule has 3 aliphatic heterocycles. The van der Waals surface area contributed by atoms with Crippen LogP contribution in [0.25, 0.3) is 0 Å². The molecule has 0 saturated carbocycles. The smallest absolute Gasteiger partial charge is 0.258 e. The maximum Gasteiger partial charge on any atom is 0.258 e. The second-order valence-electron chi connectivity index (χ2n) is 10.8. The highest BCUT2D eigenvalue weighted by molar-refractivity contribution is 5.91. The summed E-state index contributed by atoms with van der Waals surface area (Å²) < 4.78 is 24.9. The first kappa shape index (κ1) is 30.7. The van der Waals surface area contributed by atoms with Gasteiger partial charge in [0.05, 0.1) is 26.8 Å². The predicted octanol–water partition coefficient (Wildman–Crippen LogP) is 1.66. The fourth-order valence-electron chi connectivity index (χ4n) is 5.33. The lowest BCUT2D eigenvalue weighted by molar-refractivity contribution is -0.125. The van der Waals surface area contributed by atoms with Gasteiger partial charge in [0.1, 0.15) is 17.6 Å². The second-order valence-corrected chi connectivity index (χ2v) is 10.8. The standard InChI is InChI=1S/C31H38N6O7/c1-36-12-11-28(35-36)34-30(39)18-37-13-10-24-23(17-37)33-31(40)19-43-27-14-20(4-8-25(27)41-2)5-9-29(38)32-16-21-6-7-22(44-24)15-26(21)42-3/h4,6-8,11-12,14-15,23-24H,5,9-10,13,16-19H2,1-3H3,(H,32,38)(H,33,40)(H,34,35,39)/t23-,24+/m1/s1. The number of carbonyl (C=O) groups is 3. The minimum absolute atomic E-state index is 0.105. The molecular weight excluding hydrogens is 568 g/mol. The zero-order valence-corrected chi connectivity index (χ0v) is 25.1. The maximum absolute atomic E-state index is 13.2. The lowest BCUT2D eigenvalue weighted by Crippen LogP contribution is -2.58. The maximum atomic E-state index is 13.2. The van der Waals surface area contributed by atoms with E-state index in [1.807, 2.05) is 23.1 Å². The molecule has 0 spiro atoms. The van der Waals surface area contributed by atoms with E-state index in [-0.39, 0.29) is 43.4 Å². The number of hydrogen-bond donors (Lipinski definition) is 3. The highest BCUT2D eigenvalue weighted by atomic mass is 16.5. The Morgan fingerprint density at radius 2 is 1.91 bits per heavy atom. The molecule has 0 unspecified atom stereocenters. The molecule has 13 heteroatoms. The summed E-state index contributed by atoms with van der Waals surface area (Å²) in [6.45, 7) is 1.13. The summed E-state index contributed by atoms with van der Waals surface area (Å²) in [4.78, 5) is 40.5. The van der Waals surface area contributed by atoms with Crippen molar-refractivity contribution in [2.75, 3.05) is 45.8 Å². The van der Waals surface area contributed by atoms with Gasteiger partial charge in [0.2, 0.25) is 11.8 Å². The van der Waals surface area contributed by atoms with E-state index >= 15 is 0 Å². The topological polar surface area (TPSA) is 145 Å². The molecule has 44 heavy (non-hydrogen) atoms. The van der Waals surface area contributed by atoms with Crippen LogP contribution >= 0.6 is 0 Å². The van der Waals surface area contributed by atoms with E-state index in [1.165, 1.54) is 7.11 Å². The predicted molar refractivity (Wildman–Crippen MR) is 161 cm³/mol. The summed E-state index contributed by atoms with van der Waals surface area (Å²) in [5.41, 5.74) is 1.68. The van der Waals surface area contributed by atoms with Gasteiger partial charge in [-0.3, -0.25) is 24.0 Å². The molecule has 4 bridgehead atoms. The van der Waals surface area contributed by atoms with Gasteiger partial charge in [0, 0.05) is 57.0 Å². The number of piperidine rings is 1. The number of carbonyl (C=O) groups excluding carboxylic acids is 3. The SMILES string of the molecule is COc1cc2ccc1CNC(=O)CCc1ccc(OC)c(c1)OCC(=O)N[C@@H]1CN(CC(=O)Nc3ccn(C)n3)CC[C@@H]1O2. The Morgan fingerprint density at radius 1 is 1.07 bits per heavy atom. The number of aromatic nitrogens is 2. The summed E-state index contributed by atoms with van der Waals surface area (Å²) in [7, 11) is 4.87. The van der Waals surface area contributed by atoms with Crippen LogP contribution in [0.3, 0.4) is 0 Å². The van der Waals surface area contributed by atoms with Crippen LogP contribution in [0.2, 0.25) is 0 Å². The molecule has 13 nitrogen and oxygen atoms in total. The van der Waals surface area contributed by atoms with Crippen LogP contribution in [0.5, 0.6) is 23.0 Å². The van der Waals surface area contributed by atoms with Crippen LogP contribution in [0.15, 0.2) is 48.7 Å². The molecule has 1 saturated heterocycles. The number of anilines is 1. The number of hydrogen-bond acceptors (Lipinski definition) is 9. The number of ether oxygens (including phenoxy) is 4. The molecule has 6 rings (SSSR count). The Morgan fingerprint density at radius 3 is 2.68 bits per heavy atom. The molecular formula is C31H38N6O7. The highest BCUT2D eigenvalue weighted by Gasteiger charge is 2.33. The van der Waals surface area contributed by atoms with Crippen LogP contribution in [0.1, 0.15) is 24.0 Å². The number of fused-ring (bicyclic) bond motifs is 9. The van der Waals surface area contributed by atoms with Crippen LogP contribution in [-0.4, -0.2) is 85.0 Å². The summed E-state index contributed by atoms with van der Waals surface area (Å²) in [5, 5.41) is 13.0. The van der Waals surface area contributed by atoms with Crippen LogP contribution in [-0.2, 0) is 34.4 Å². The van der Waals surface area contributed by atoms with Crippen LogP contribution in [0, 0.1) is 0 Å². The first-order valence-corrected chi connectivity index (χ1v) is 14.5. The van der Waals surface area contributed by atoms with Gasteiger partial charge >= 0.3 is 0 Å². The summed E-state index contributed by atoms with van der Waals surface area (Å²) in [5.74, 6) is 1.86. The molecule has 0 radical (unpaired) electrons. The van der Waals surface area contributed by atoms with Crippen molar-refractivity contribution < 1.29 is 33.3 Å². The van der Waals surface area contributed by atoms with E-state index in [0.717, 1.165) is 11.1 Å². The van der Waals surface area contributed by atoms with Crippen molar-refractivity contribution in [3.63, 3.8) is 0 Å². The third-order valence-electron chi connectivity index (χ3n) is 7.58. The number of rotatable bonds is 5. The molecule has 4 heterocycles. The van der Waals surface area contributed by atoms with Crippen molar-refractivity contribution in [1.82, 2.24) is 25.3 Å². The van der Waals surface area contributed by atoms with Crippen molar-refractivity contribution in [2.45, 2.75) is 38.0 Å². The van der Waals surface area contributed by atoms with Crippen LogP contribution < -0.4 is 34.9 Å². The van der Waals surface area contributed by atoms with Gasteiger partial charge in [0.25, 0.3) is 5.91 Å². The van der Waals surface area contributed by atoms with Gasteiger partial charge < -0.3 is 34.9 Å². The summed E-state index contributed by atoms with van der Waals surface area (Å²) in [6, 6.07) is 12.2. The molecule has 3 amide bonds. The van der Waals surface area contributed by atoms with Gasteiger partial charge in [-0.2, -0.15) is 5.10 Å². The Bertz CT molecular complexity index is 1490. The Balaban J connectivity index is 1.36. The third kappa shape index (κ3) is 7.98. The van der Waals surface area contributed by atoms with E-state index in [9.17, 15) is 14.4 Å². The molecule has 1 fully saturated rings. The van der Waals surface area contributed by atoms with E-state index in [4.69, 9.17) is 18.9 Å². The van der Waals surface area contributed by atoms with E-state index in [2.05, 4.69) is 21.0 Å². The number of amides is 3. The van der Waals surface area contributed by atoms with Crippen molar-refractivity contribution in [3.05, 3.63) is 59.8 Å². The van der Waals surface area contributed by atoms with Crippen molar-refractivity contribution in [2.24, 2.45) is 7.05 Å². The second kappa shape index (κ2) is 14.1. The van der Waals surface area contributed by atoms with E-state index in [1.54, 1.807) is 49.3 Å². The van der Waals surface area contributed by atoms with Gasteiger partial charge in [-0.15, -0.1) is 0 Å². The molecule has 3 N–H and O–H groups in total. The Labute approximate surface area is 255 Å². The number of likely N-dealkylation sites (tertiary alicyclic amines) is 1. The van der Waals surface area contributed by atoms with E-state index < -0.39 is 6.04 Å². The number of methoxy groups -OCH3 is 2. The lowest BCUT2D eigenvalue weighted by atomic mass is 10.0. The molecule has 2 atom stereocenters. The minimum atomic E-state index is -0.442. The normalized spacial score (nSPS) is 19.5. The van der Waals surface area contributed by atoms with Gasteiger partial charge in [0.15, 0.2) is 23.9 Å². The zero-order valence-electron chi connectivity index (χ0n) is 25.1. The third-order valence-corrected chi connectivity index (χ3v) is 7.58. The average Bonchev–Trinajstić information content (AvgIpc) is 3.42. The highest BCUT2D eigenvalue weighted by Crippen LogP contribution is 2.30. The van der Waals surface area contributed by atoms with E-state index in [0.29, 0.717) is 61.3 Å². The Hall–Kier alpha value is -4.78. The molecule has 0 aliphatic carbocycles. The monoisotopic (exact) mass is 606 g/mol. The number of aryl methyl sites for hydroxylation is 2. The van der Waals surface area contributed by atoms with Gasteiger partial charge in [-0.1, -0.05) is 6.07 Å². The minimum Gasteiger partial charge on any atom is -0.496 e. The van der Waals surface area contributed by atoms with Crippen molar-refractivity contribution >= 4 is 23.5 Å². The largest absolute Gasteiger partial charge is 0.496 e. The fourth-order valence-corrected chi connectivity index (χ4v) is 5.33. The van der Waals surface area contributed by atoms with Crippen LogP contribution in [0.4, 0.5) is 5.82 Å². The summed E-state index contributed by atoms with van der Waals surface area (Å²) in [6.07, 6.45) is 2.68. The molecule has 1 aromatic heterocycles. The molecule has 234 valence electrons. The number of nitrogens with zero attached hydrogens (tertiary/aromatic N) is 3.